The second-order valence-electron chi connectivity index (χ2n) is 8.04. The Morgan fingerprint density at radius 2 is 1.72 bits per heavy atom. The van der Waals surface area contributed by atoms with Crippen molar-refractivity contribution in [3.05, 3.63) is 39.9 Å². The van der Waals surface area contributed by atoms with Crippen molar-refractivity contribution in [2.75, 3.05) is 13.7 Å². The number of esters is 2. The molecule has 1 aromatic carbocycles. The number of hydrogen-bond acceptors (Lipinski definition) is 6. The smallest absolute Gasteiger partial charge is 0.345 e. The largest absolute Gasteiger partial charge is 0.469 e. The summed E-state index contributed by atoms with van der Waals surface area (Å²) in [6.07, 6.45) is 0. The Morgan fingerprint density at radius 3 is 2.28 bits per heavy atom. The van der Waals surface area contributed by atoms with Crippen LogP contribution in [-0.4, -0.2) is 30.6 Å². The maximum atomic E-state index is 12.3. The predicted molar refractivity (Wildman–Crippen MR) is 81.2 cm³/mol. The molecular formula is C18H15NO6. The highest BCUT2D eigenvalue weighted by Crippen LogP contribution is 3.10. The monoisotopic (exact) mass is 341 g/mol. The van der Waals surface area contributed by atoms with Crippen molar-refractivity contribution in [2.24, 2.45) is 46.3 Å². The van der Waals surface area contributed by atoms with Gasteiger partial charge in [-0.2, -0.15) is 0 Å². The first kappa shape index (κ1) is 13.8. The number of carbonyl (C=O) groups is 2. The zero-order valence-electron chi connectivity index (χ0n) is 13.4. The Morgan fingerprint density at radius 1 is 1.12 bits per heavy atom. The highest BCUT2D eigenvalue weighted by atomic mass is 16.6. The number of nitro benzene ring substituents is 1. The SMILES string of the molecule is COC(=O)C12C3C4C1C1C2C3C41COC(=O)c1ccccc1[N+](=O)[O-]. The van der Waals surface area contributed by atoms with E-state index in [0.29, 0.717) is 42.1 Å². The maximum Gasteiger partial charge on any atom is 0.345 e. The third kappa shape index (κ3) is 1.01. The van der Waals surface area contributed by atoms with Crippen molar-refractivity contribution in [3.63, 3.8) is 0 Å². The van der Waals surface area contributed by atoms with Gasteiger partial charge in [0, 0.05) is 11.5 Å². The number of ether oxygens (including phenoxy) is 2. The van der Waals surface area contributed by atoms with Crippen LogP contribution < -0.4 is 0 Å². The summed E-state index contributed by atoms with van der Waals surface area (Å²) in [4.78, 5) is 34.9. The van der Waals surface area contributed by atoms with Gasteiger partial charge < -0.3 is 9.47 Å². The number of nitrogens with zero attached hydrogens (tertiary/aromatic N) is 1. The van der Waals surface area contributed by atoms with E-state index >= 15 is 0 Å². The van der Waals surface area contributed by atoms with Crippen LogP contribution in [0.1, 0.15) is 10.4 Å². The minimum Gasteiger partial charge on any atom is -0.469 e. The van der Waals surface area contributed by atoms with E-state index in [1.165, 1.54) is 25.3 Å². The second kappa shape index (κ2) is 3.71. The van der Waals surface area contributed by atoms with Crippen LogP contribution in [0.25, 0.3) is 0 Å². The molecule has 0 aliphatic heterocycles. The first-order valence-electron chi connectivity index (χ1n) is 8.52. The Hall–Kier alpha value is -2.44. The fourth-order valence-electron chi connectivity index (χ4n) is 7.70. The third-order valence-electron chi connectivity index (χ3n) is 8.15. The van der Waals surface area contributed by atoms with Gasteiger partial charge >= 0.3 is 11.9 Å². The van der Waals surface area contributed by atoms with Crippen LogP contribution in [0.5, 0.6) is 0 Å². The molecule has 6 aliphatic rings. The van der Waals surface area contributed by atoms with Crippen LogP contribution in [0.4, 0.5) is 5.69 Å². The summed E-state index contributed by atoms with van der Waals surface area (Å²) in [5.41, 5.74) is -0.379. The van der Waals surface area contributed by atoms with Crippen molar-refractivity contribution in [1.29, 1.82) is 0 Å². The van der Waals surface area contributed by atoms with Gasteiger partial charge in [-0.25, -0.2) is 4.79 Å². The van der Waals surface area contributed by atoms with E-state index in [1.54, 1.807) is 6.07 Å². The van der Waals surface area contributed by atoms with Crippen LogP contribution >= 0.6 is 0 Å². The molecule has 0 N–H and O–H groups in total. The topological polar surface area (TPSA) is 95.7 Å². The molecule has 0 spiro atoms. The first-order valence-corrected chi connectivity index (χ1v) is 8.52. The second-order valence-corrected chi connectivity index (χ2v) is 8.04. The minimum absolute atomic E-state index is 0.00422. The van der Waals surface area contributed by atoms with E-state index in [9.17, 15) is 19.7 Å². The van der Waals surface area contributed by atoms with Gasteiger partial charge in [0.2, 0.25) is 0 Å². The quantitative estimate of drug-likeness (QED) is 0.459. The van der Waals surface area contributed by atoms with Gasteiger partial charge in [-0.1, -0.05) is 12.1 Å². The number of benzene rings is 1. The highest BCUT2D eigenvalue weighted by Gasteiger charge is 3.11. The van der Waals surface area contributed by atoms with Crippen molar-refractivity contribution in [1.82, 2.24) is 0 Å². The van der Waals surface area contributed by atoms with E-state index in [-0.39, 0.29) is 28.1 Å². The van der Waals surface area contributed by atoms with Crippen LogP contribution in [0, 0.1) is 56.5 Å². The number of para-hydroxylation sites is 1. The summed E-state index contributed by atoms with van der Waals surface area (Å²) < 4.78 is 10.5. The Bertz CT molecular complexity index is 838. The van der Waals surface area contributed by atoms with Crippen LogP contribution in [0.15, 0.2) is 24.3 Å². The lowest BCUT2D eigenvalue weighted by atomic mass is 8.92. The summed E-state index contributed by atoms with van der Waals surface area (Å²) in [6.45, 7) is 0.318. The molecule has 6 aliphatic carbocycles. The van der Waals surface area contributed by atoms with E-state index in [1.807, 2.05) is 0 Å². The molecule has 128 valence electrons. The summed E-state index contributed by atoms with van der Waals surface area (Å²) in [7, 11) is 1.45. The van der Waals surface area contributed by atoms with Crippen molar-refractivity contribution >= 4 is 17.6 Å². The van der Waals surface area contributed by atoms with E-state index in [2.05, 4.69) is 0 Å². The van der Waals surface area contributed by atoms with Crippen molar-refractivity contribution < 1.29 is 24.0 Å². The predicted octanol–water partition coefficient (Wildman–Crippen LogP) is 1.66. The molecule has 7 heteroatoms. The zero-order chi connectivity index (χ0) is 17.3. The molecule has 0 atom stereocenters. The summed E-state index contributed by atoms with van der Waals surface area (Å²) >= 11 is 0. The highest BCUT2D eigenvalue weighted by molar-refractivity contribution is 5.94. The molecule has 1 aromatic rings. The van der Waals surface area contributed by atoms with E-state index in [4.69, 9.17) is 9.47 Å². The zero-order valence-corrected chi connectivity index (χ0v) is 13.4. The standard InChI is InChI=1S/C18H15NO6/c1-24-16(21)18-12-9-13(18)11-14(18)10(12)17(9,11)6-25-15(20)7-4-2-3-5-8(7)19(22)23/h2-5,9-14H,6H2,1H3. The molecule has 7 rings (SSSR count). The lowest BCUT2D eigenvalue weighted by molar-refractivity contribution is -0.645. The fraction of sp³-hybridized carbons (Fsp3) is 0.556. The summed E-state index contributed by atoms with van der Waals surface area (Å²) in [5, 5.41) is 11.1. The van der Waals surface area contributed by atoms with Gasteiger partial charge in [-0.15, -0.1) is 0 Å². The number of methoxy groups -OCH3 is 1. The minimum atomic E-state index is -0.636. The molecule has 6 saturated carbocycles. The lowest BCUT2D eigenvalue weighted by Crippen LogP contribution is -3.11. The van der Waals surface area contributed by atoms with Gasteiger partial charge in [0.25, 0.3) is 5.69 Å². The number of hydrogen-bond donors (Lipinski definition) is 0. The fourth-order valence-corrected chi connectivity index (χ4v) is 7.70. The lowest BCUT2D eigenvalue weighted by Gasteiger charge is -3.10. The van der Waals surface area contributed by atoms with Gasteiger partial charge in [-0.3, -0.25) is 14.9 Å². The molecule has 0 amide bonds. The molecule has 0 heterocycles. The first-order chi connectivity index (χ1) is 12.0. The molecule has 0 unspecified atom stereocenters. The number of rotatable bonds is 5. The molecule has 0 bridgehead atoms. The van der Waals surface area contributed by atoms with Crippen molar-refractivity contribution in [3.8, 4) is 0 Å². The molecule has 7 nitrogen and oxygen atoms in total. The Labute approximate surface area is 142 Å². The molecule has 0 radical (unpaired) electrons. The molecule has 25 heavy (non-hydrogen) atoms. The van der Waals surface area contributed by atoms with Crippen molar-refractivity contribution in [2.45, 2.75) is 0 Å². The average molecular weight is 341 g/mol. The van der Waals surface area contributed by atoms with Gasteiger partial charge in [-0.05, 0) is 41.6 Å². The van der Waals surface area contributed by atoms with E-state index in [0.717, 1.165) is 0 Å². The Kier molecular flexibility index (Phi) is 2.05. The third-order valence-corrected chi connectivity index (χ3v) is 8.15. The maximum absolute atomic E-state index is 12.3. The van der Waals surface area contributed by atoms with E-state index < -0.39 is 10.9 Å². The molecule has 6 fully saturated rings. The van der Waals surface area contributed by atoms with Gasteiger partial charge in [0.05, 0.1) is 24.1 Å². The van der Waals surface area contributed by atoms with Gasteiger partial charge in [0.1, 0.15) is 5.56 Å². The number of carbonyl (C=O) groups excluding carboxylic acids is 2. The van der Waals surface area contributed by atoms with Crippen LogP contribution in [-0.2, 0) is 14.3 Å². The Balaban J connectivity index is 1.18. The van der Waals surface area contributed by atoms with Crippen LogP contribution in [0.3, 0.4) is 0 Å². The average Bonchev–Trinajstić information content (AvgIpc) is 2.65. The number of nitro groups is 1. The molecule has 0 aromatic heterocycles. The molecular weight excluding hydrogens is 326 g/mol. The van der Waals surface area contributed by atoms with Gasteiger partial charge in [0.15, 0.2) is 0 Å². The molecule has 0 saturated heterocycles. The summed E-state index contributed by atoms with van der Waals surface area (Å²) in [6, 6.07) is 5.85. The summed E-state index contributed by atoms with van der Waals surface area (Å²) in [5.74, 6) is 2.00. The normalized spacial score (nSPS) is 47.7. The van der Waals surface area contributed by atoms with Crippen LogP contribution in [0.2, 0.25) is 0 Å².